The van der Waals surface area contributed by atoms with Crippen LogP contribution in [0.2, 0.25) is 0 Å². The molecule has 1 aliphatic heterocycles. The fraction of sp³-hybridized carbons (Fsp3) is 0.238. The van der Waals surface area contributed by atoms with Crippen molar-refractivity contribution in [1.29, 1.82) is 0 Å². The normalized spacial score (nSPS) is 13.9. The van der Waals surface area contributed by atoms with Crippen molar-refractivity contribution in [3.05, 3.63) is 65.4 Å². The Balaban J connectivity index is 1.85. The minimum absolute atomic E-state index is 0.121. The quantitative estimate of drug-likeness (QED) is 0.767. The van der Waals surface area contributed by atoms with Gasteiger partial charge in [0.1, 0.15) is 5.70 Å². The van der Waals surface area contributed by atoms with E-state index in [1.165, 1.54) is 17.6 Å². The highest BCUT2D eigenvalue weighted by Gasteiger charge is 2.34. The van der Waals surface area contributed by atoms with Crippen molar-refractivity contribution in [3.8, 4) is 11.1 Å². The molecule has 2 aromatic rings. The van der Waals surface area contributed by atoms with E-state index in [0.29, 0.717) is 5.69 Å². The van der Waals surface area contributed by atoms with Crippen LogP contribution in [0.15, 0.2) is 59.8 Å². The van der Waals surface area contributed by atoms with Gasteiger partial charge in [-0.1, -0.05) is 36.4 Å². The van der Waals surface area contributed by atoms with Crippen LogP contribution in [0.25, 0.3) is 11.1 Å². The number of nitrogens with one attached hydrogen (secondary N) is 1. The topological polar surface area (TPSA) is 78.9 Å². The number of carbonyl (C=O) groups is 2. The van der Waals surface area contributed by atoms with Gasteiger partial charge in [0, 0.05) is 12.2 Å². The van der Waals surface area contributed by atoms with Crippen molar-refractivity contribution in [2.24, 2.45) is 0 Å². The summed E-state index contributed by atoms with van der Waals surface area (Å²) in [6.45, 7) is 2.17. The minimum atomic E-state index is -0.553. The number of aryl methyl sites for hydroxylation is 1. The molecule has 2 aromatic carbocycles. The SMILES string of the molecule is COC(=O)C1=C(Nc2ccc(-c3ccccc3C)cc2)C(=O)N(CCO)C1. The fourth-order valence-electron chi connectivity index (χ4n) is 3.12. The van der Waals surface area contributed by atoms with Gasteiger partial charge in [0.15, 0.2) is 0 Å². The number of nitrogens with zero attached hydrogens (tertiary/aromatic N) is 1. The zero-order valence-electron chi connectivity index (χ0n) is 15.4. The van der Waals surface area contributed by atoms with Crippen LogP contribution in [-0.2, 0) is 14.3 Å². The summed E-state index contributed by atoms with van der Waals surface area (Å²) in [7, 11) is 1.28. The summed E-state index contributed by atoms with van der Waals surface area (Å²) in [6, 6.07) is 15.8. The molecule has 140 valence electrons. The second-order valence-corrected chi connectivity index (χ2v) is 6.31. The molecule has 2 N–H and O–H groups in total. The van der Waals surface area contributed by atoms with Crippen LogP contribution in [0.4, 0.5) is 5.69 Å². The number of rotatable bonds is 6. The molecule has 0 aliphatic carbocycles. The van der Waals surface area contributed by atoms with Gasteiger partial charge in [0.2, 0.25) is 0 Å². The predicted molar refractivity (Wildman–Crippen MR) is 103 cm³/mol. The maximum Gasteiger partial charge on any atom is 0.337 e. The third kappa shape index (κ3) is 3.85. The number of amides is 1. The van der Waals surface area contributed by atoms with Crippen molar-refractivity contribution in [1.82, 2.24) is 4.90 Å². The molecule has 0 atom stereocenters. The average Bonchev–Trinajstić information content (AvgIpc) is 2.99. The Hall–Kier alpha value is -3.12. The summed E-state index contributed by atoms with van der Waals surface area (Å²) in [5.74, 6) is -0.879. The van der Waals surface area contributed by atoms with Gasteiger partial charge in [-0.3, -0.25) is 4.79 Å². The molecule has 0 spiro atoms. The smallest absolute Gasteiger partial charge is 0.337 e. The molecule has 0 radical (unpaired) electrons. The Labute approximate surface area is 158 Å². The van der Waals surface area contributed by atoms with Gasteiger partial charge in [0.25, 0.3) is 5.91 Å². The number of methoxy groups -OCH3 is 1. The number of carbonyl (C=O) groups excluding carboxylic acids is 2. The molecule has 0 fully saturated rings. The Morgan fingerprint density at radius 2 is 1.89 bits per heavy atom. The summed E-state index contributed by atoms with van der Waals surface area (Å²) in [5.41, 5.74) is 4.55. The van der Waals surface area contributed by atoms with Crippen LogP contribution in [0.5, 0.6) is 0 Å². The second-order valence-electron chi connectivity index (χ2n) is 6.31. The van der Waals surface area contributed by atoms with E-state index in [2.05, 4.69) is 24.4 Å². The third-order valence-electron chi connectivity index (χ3n) is 4.56. The lowest BCUT2D eigenvalue weighted by Crippen LogP contribution is -2.31. The van der Waals surface area contributed by atoms with Gasteiger partial charge in [-0.15, -0.1) is 0 Å². The van der Waals surface area contributed by atoms with Crippen LogP contribution < -0.4 is 5.32 Å². The highest BCUT2D eigenvalue weighted by molar-refractivity contribution is 6.08. The molecular weight excluding hydrogens is 344 g/mol. The minimum Gasteiger partial charge on any atom is -0.466 e. The van der Waals surface area contributed by atoms with E-state index in [-0.39, 0.29) is 36.9 Å². The zero-order valence-corrected chi connectivity index (χ0v) is 15.4. The summed E-state index contributed by atoms with van der Waals surface area (Å²) in [5, 5.41) is 12.2. The van der Waals surface area contributed by atoms with E-state index in [4.69, 9.17) is 9.84 Å². The van der Waals surface area contributed by atoms with E-state index in [9.17, 15) is 9.59 Å². The van der Waals surface area contributed by atoms with E-state index < -0.39 is 5.97 Å². The number of anilines is 1. The lowest BCUT2D eigenvalue weighted by atomic mass is 10.0. The highest BCUT2D eigenvalue weighted by atomic mass is 16.5. The standard InChI is InChI=1S/C21H22N2O4/c1-14-5-3-4-6-17(14)15-7-9-16(10-8-15)22-19-18(21(26)27-2)13-23(11-12-24)20(19)25/h3-10,22,24H,11-13H2,1-2H3. The first-order valence-electron chi connectivity index (χ1n) is 8.70. The van der Waals surface area contributed by atoms with Crippen LogP contribution >= 0.6 is 0 Å². The molecule has 1 amide bonds. The lowest BCUT2D eigenvalue weighted by molar-refractivity contribution is -0.136. The first-order chi connectivity index (χ1) is 13.0. The van der Waals surface area contributed by atoms with Crippen LogP contribution in [0.1, 0.15) is 5.56 Å². The summed E-state index contributed by atoms with van der Waals surface area (Å²) in [4.78, 5) is 26.0. The largest absolute Gasteiger partial charge is 0.466 e. The summed E-state index contributed by atoms with van der Waals surface area (Å²) >= 11 is 0. The van der Waals surface area contributed by atoms with Gasteiger partial charge in [-0.05, 0) is 35.7 Å². The number of hydrogen-bond acceptors (Lipinski definition) is 5. The predicted octanol–water partition coefficient (Wildman–Crippen LogP) is 2.34. The summed E-state index contributed by atoms with van der Waals surface area (Å²) in [6.07, 6.45) is 0. The zero-order chi connectivity index (χ0) is 19.4. The van der Waals surface area contributed by atoms with E-state index in [0.717, 1.165) is 11.1 Å². The van der Waals surface area contributed by atoms with Gasteiger partial charge in [-0.25, -0.2) is 4.79 Å². The van der Waals surface area contributed by atoms with Crippen molar-refractivity contribution in [2.75, 3.05) is 32.1 Å². The van der Waals surface area contributed by atoms with Crippen molar-refractivity contribution in [2.45, 2.75) is 6.92 Å². The van der Waals surface area contributed by atoms with Gasteiger partial charge in [-0.2, -0.15) is 0 Å². The Morgan fingerprint density at radius 3 is 2.52 bits per heavy atom. The van der Waals surface area contributed by atoms with Gasteiger partial charge in [0.05, 0.1) is 25.8 Å². The number of aliphatic hydroxyl groups is 1. The Bertz CT molecular complexity index is 887. The number of esters is 1. The molecule has 0 saturated carbocycles. The van der Waals surface area contributed by atoms with E-state index in [1.54, 1.807) is 0 Å². The molecule has 3 rings (SSSR count). The molecule has 27 heavy (non-hydrogen) atoms. The third-order valence-corrected chi connectivity index (χ3v) is 4.56. The molecule has 0 aromatic heterocycles. The van der Waals surface area contributed by atoms with Crippen LogP contribution in [0.3, 0.4) is 0 Å². The van der Waals surface area contributed by atoms with Gasteiger partial charge >= 0.3 is 5.97 Å². The molecule has 1 heterocycles. The first kappa shape index (κ1) is 18.7. The molecule has 6 heteroatoms. The number of β-amino-alcohol motifs (C(OH)–C–C–N with tert-alkyl or cyclic N) is 1. The number of ether oxygens (including phenoxy) is 1. The average molecular weight is 366 g/mol. The van der Waals surface area contributed by atoms with Crippen molar-refractivity contribution in [3.63, 3.8) is 0 Å². The highest BCUT2D eigenvalue weighted by Crippen LogP contribution is 2.27. The summed E-state index contributed by atoms with van der Waals surface area (Å²) < 4.78 is 4.79. The number of aliphatic hydroxyl groups excluding tert-OH is 1. The molecule has 1 aliphatic rings. The molecule has 0 unspecified atom stereocenters. The van der Waals surface area contributed by atoms with Crippen LogP contribution in [0, 0.1) is 6.92 Å². The van der Waals surface area contributed by atoms with E-state index >= 15 is 0 Å². The maximum atomic E-state index is 12.6. The Morgan fingerprint density at radius 1 is 1.19 bits per heavy atom. The molecule has 0 saturated heterocycles. The molecule has 0 bridgehead atoms. The fourth-order valence-corrected chi connectivity index (χ4v) is 3.12. The van der Waals surface area contributed by atoms with E-state index in [1.807, 2.05) is 36.4 Å². The van der Waals surface area contributed by atoms with Gasteiger partial charge < -0.3 is 20.1 Å². The van der Waals surface area contributed by atoms with Crippen LogP contribution in [-0.4, -0.2) is 48.7 Å². The monoisotopic (exact) mass is 366 g/mol. The molecular formula is C21H22N2O4. The van der Waals surface area contributed by atoms with Crippen molar-refractivity contribution < 1.29 is 19.4 Å². The first-order valence-corrected chi connectivity index (χ1v) is 8.70. The maximum absolute atomic E-state index is 12.6. The number of benzene rings is 2. The molecule has 6 nitrogen and oxygen atoms in total. The number of hydrogen-bond donors (Lipinski definition) is 2. The Kier molecular flexibility index (Phi) is 5.57. The second kappa shape index (κ2) is 8.05. The lowest BCUT2D eigenvalue weighted by Gasteiger charge is -2.15. The van der Waals surface area contributed by atoms with Crippen molar-refractivity contribution >= 4 is 17.6 Å².